The number of para-hydroxylation sites is 2. The van der Waals surface area contributed by atoms with Crippen molar-refractivity contribution >= 4 is 23.0 Å². The number of anilines is 1. The van der Waals surface area contributed by atoms with Crippen LogP contribution in [0.2, 0.25) is 0 Å². The van der Waals surface area contributed by atoms with Gasteiger partial charge >= 0.3 is 0 Å². The van der Waals surface area contributed by atoms with Gasteiger partial charge in [-0.3, -0.25) is 4.98 Å². The van der Waals surface area contributed by atoms with Crippen LogP contribution in [0.5, 0.6) is 5.75 Å². The second-order valence-electron chi connectivity index (χ2n) is 8.12. The maximum atomic E-state index is 10.6. The average molecular weight is 419 g/mol. The molecule has 2 atom stereocenters. The minimum atomic E-state index is -0.101. The molecule has 0 bridgehead atoms. The molecule has 2 fully saturated rings. The zero-order chi connectivity index (χ0) is 20.5. The van der Waals surface area contributed by atoms with E-state index < -0.39 is 0 Å². The van der Waals surface area contributed by atoms with Crippen LogP contribution < -0.4 is 10.2 Å². The van der Waals surface area contributed by atoms with Crippen molar-refractivity contribution < 1.29 is 5.11 Å². The van der Waals surface area contributed by atoms with Gasteiger partial charge in [0.1, 0.15) is 11.8 Å². The Bertz CT molecular complexity index is 1030. The molecule has 3 aromatic rings. The molecular formula is C24H26N4OS. The molecule has 0 spiro atoms. The van der Waals surface area contributed by atoms with Crippen LogP contribution in [-0.2, 0) is 0 Å². The van der Waals surface area contributed by atoms with Crippen molar-refractivity contribution in [2.75, 3.05) is 4.90 Å². The number of pyridine rings is 1. The molecule has 2 N–H and O–H groups in total. The summed E-state index contributed by atoms with van der Waals surface area (Å²) in [6, 6.07) is 18.0. The Morgan fingerprint density at radius 2 is 1.77 bits per heavy atom. The molecule has 1 saturated carbocycles. The number of rotatable bonds is 4. The van der Waals surface area contributed by atoms with E-state index in [1.165, 1.54) is 37.8 Å². The highest BCUT2D eigenvalue weighted by Crippen LogP contribution is 2.45. The summed E-state index contributed by atoms with van der Waals surface area (Å²) in [5.41, 5.74) is 2.86. The Morgan fingerprint density at radius 3 is 2.53 bits per heavy atom. The highest BCUT2D eigenvalue weighted by Gasteiger charge is 2.43. The third kappa shape index (κ3) is 3.35. The van der Waals surface area contributed by atoms with Crippen LogP contribution in [0.15, 0.2) is 67.0 Å². The summed E-state index contributed by atoms with van der Waals surface area (Å²) in [6.07, 6.45) is 10.3. The van der Waals surface area contributed by atoms with Crippen LogP contribution in [0.3, 0.4) is 0 Å². The molecule has 1 aromatic carbocycles. The number of phenolic OH excluding ortho intramolecular Hbond substituents is 1. The van der Waals surface area contributed by atoms with Gasteiger partial charge in [-0.1, -0.05) is 37.5 Å². The van der Waals surface area contributed by atoms with Crippen molar-refractivity contribution in [1.82, 2.24) is 14.9 Å². The first kappa shape index (κ1) is 19.1. The van der Waals surface area contributed by atoms with Crippen molar-refractivity contribution in [2.45, 2.75) is 50.2 Å². The monoisotopic (exact) mass is 418 g/mol. The number of aromatic hydroxyl groups is 1. The number of nitrogens with one attached hydrogen (secondary N) is 1. The molecule has 6 heteroatoms. The fourth-order valence-electron chi connectivity index (χ4n) is 4.93. The van der Waals surface area contributed by atoms with Crippen LogP contribution in [0.4, 0.5) is 5.69 Å². The first-order valence-electron chi connectivity index (χ1n) is 10.7. The van der Waals surface area contributed by atoms with Gasteiger partial charge in [0.05, 0.1) is 17.4 Å². The number of hydrogen-bond donors (Lipinski definition) is 2. The van der Waals surface area contributed by atoms with E-state index in [4.69, 9.17) is 12.2 Å². The molecular weight excluding hydrogens is 392 g/mol. The molecule has 0 unspecified atom stereocenters. The van der Waals surface area contributed by atoms with Gasteiger partial charge in [-0.2, -0.15) is 0 Å². The Kier molecular flexibility index (Phi) is 5.17. The molecule has 2 aliphatic rings. The third-order valence-electron chi connectivity index (χ3n) is 6.32. The first-order valence-corrected chi connectivity index (χ1v) is 11.1. The lowest BCUT2D eigenvalue weighted by atomic mass is 9.94. The van der Waals surface area contributed by atoms with Crippen molar-refractivity contribution in [2.24, 2.45) is 0 Å². The van der Waals surface area contributed by atoms with Crippen LogP contribution in [0, 0.1) is 0 Å². The van der Waals surface area contributed by atoms with Gasteiger partial charge in [0.25, 0.3) is 0 Å². The highest BCUT2D eigenvalue weighted by atomic mass is 32.1. The average Bonchev–Trinajstić information content (AvgIpc) is 3.40. The lowest BCUT2D eigenvalue weighted by Crippen LogP contribution is -2.31. The van der Waals surface area contributed by atoms with Gasteiger partial charge in [0.2, 0.25) is 0 Å². The highest BCUT2D eigenvalue weighted by molar-refractivity contribution is 7.80. The van der Waals surface area contributed by atoms with Gasteiger partial charge < -0.3 is 19.9 Å². The quantitative estimate of drug-likeness (QED) is 0.565. The van der Waals surface area contributed by atoms with Gasteiger partial charge in [-0.25, -0.2) is 0 Å². The Balaban J connectivity index is 1.63. The minimum Gasteiger partial charge on any atom is -0.506 e. The van der Waals surface area contributed by atoms with E-state index in [9.17, 15) is 5.11 Å². The van der Waals surface area contributed by atoms with Crippen molar-refractivity contribution in [3.05, 3.63) is 78.4 Å². The van der Waals surface area contributed by atoms with E-state index in [0.717, 1.165) is 11.4 Å². The molecule has 0 radical (unpaired) electrons. The molecule has 5 nitrogen and oxygen atoms in total. The van der Waals surface area contributed by atoms with Gasteiger partial charge in [0, 0.05) is 24.1 Å². The molecule has 1 aliphatic carbocycles. The normalized spacial score (nSPS) is 22.3. The summed E-state index contributed by atoms with van der Waals surface area (Å²) in [4.78, 5) is 6.68. The molecule has 1 aliphatic heterocycles. The standard InChI is InChI=1S/C24H26N4OS/c29-21-14-5-4-12-19(21)28-23(22(26-24(28)30)18-11-6-7-15-25-18)20-13-8-16-27(20)17-9-2-1-3-10-17/h4-8,11-17,22-23,29H,1-3,9-10H2,(H,26,30)/t22-,23-/m1/s1. The van der Waals surface area contributed by atoms with E-state index in [1.54, 1.807) is 6.07 Å². The molecule has 154 valence electrons. The van der Waals surface area contributed by atoms with Crippen molar-refractivity contribution in [1.29, 1.82) is 0 Å². The number of thiocarbonyl (C=S) groups is 1. The predicted octanol–water partition coefficient (Wildman–Crippen LogP) is 5.27. The zero-order valence-electron chi connectivity index (χ0n) is 16.8. The van der Waals surface area contributed by atoms with Crippen LogP contribution in [0.25, 0.3) is 0 Å². The number of phenols is 1. The maximum absolute atomic E-state index is 10.6. The van der Waals surface area contributed by atoms with Crippen LogP contribution >= 0.6 is 12.2 Å². The fraction of sp³-hybridized carbons (Fsp3) is 0.333. The minimum absolute atomic E-state index is 0.0994. The number of aromatic nitrogens is 2. The summed E-state index contributed by atoms with van der Waals surface area (Å²) in [5.74, 6) is 0.226. The third-order valence-corrected chi connectivity index (χ3v) is 6.64. The molecule has 1 saturated heterocycles. The summed E-state index contributed by atoms with van der Waals surface area (Å²) in [7, 11) is 0. The molecule has 30 heavy (non-hydrogen) atoms. The van der Waals surface area contributed by atoms with Gasteiger partial charge in [-0.15, -0.1) is 0 Å². The topological polar surface area (TPSA) is 53.3 Å². The lowest BCUT2D eigenvalue weighted by Gasteiger charge is -2.32. The van der Waals surface area contributed by atoms with Gasteiger partial charge in [-0.05, 0) is 61.5 Å². The Hall–Kier alpha value is -2.86. The van der Waals surface area contributed by atoms with E-state index >= 15 is 0 Å². The SMILES string of the molecule is Oc1ccccc1N1C(=S)N[C@H](c2ccccn2)[C@H]1c1cccn1C1CCCCC1. The summed E-state index contributed by atoms with van der Waals surface area (Å²) in [5, 5.41) is 14.7. The summed E-state index contributed by atoms with van der Waals surface area (Å²) in [6.45, 7) is 0. The zero-order valence-corrected chi connectivity index (χ0v) is 17.6. The van der Waals surface area contributed by atoms with Gasteiger partial charge in [0.15, 0.2) is 5.11 Å². The smallest absolute Gasteiger partial charge is 0.174 e. The molecule has 2 aromatic heterocycles. The second-order valence-corrected chi connectivity index (χ2v) is 8.50. The largest absolute Gasteiger partial charge is 0.506 e. The Labute approximate surface area is 182 Å². The summed E-state index contributed by atoms with van der Waals surface area (Å²) < 4.78 is 2.43. The van der Waals surface area contributed by atoms with E-state index in [1.807, 2.05) is 42.6 Å². The predicted molar refractivity (Wildman–Crippen MR) is 123 cm³/mol. The molecule has 3 heterocycles. The van der Waals surface area contributed by atoms with Crippen molar-refractivity contribution in [3.8, 4) is 5.75 Å². The lowest BCUT2D eigenvalue weighted by molar-refractivity contribution is 0.339. The van der Waals surface area contributed by atoms with E-state index in [-0.39, 0.29) is 17.8 Å². The number of nitrogens with zero attached hydrogens (tertiary/aromatic N) is 3. The molecule has 5 rings (SSSR count). The number of hydrogen-bond acceptors (Lipinski definition) is 3. The van der Waals surface area contributed by atoms with E-state index in [2.05, 4.69) is 38.1 Å². The van der Waals surface area contributed by atoms with Crippen molar-refractivity contribution in [3.63, 3.8) is 0 Å². The first-order chi connectivity index (χ1) is 14.7. The van der Waals surface area contributed by atoms with Crippen LogP contribution in [0.1, 0.15) is 61.6 Å². The summed E-state index contributed by atoms with van der Waals surface area (Å²) >= 11 is 5.78. The Morgan fingerprint density at radius 1 is 0.967 bits per heavy atom. The maximum Gasteiger partial charge on any atom is 0.174 e. The fourth-order valence-corrected chi connectivity index (χ4v) is 5.27. The van der Waals surface area contributed by atoms with Crippen LogP contribution in [-0.4, -0.2) is 19.8 Å². The number of benzene rings is 1. The molecule has 0 amide bonds. The van der Waals surface area contributed by atoms with E-state index in [0.29, 0.717) is 11.2 Å². The second kappa shape index (κ2) is 8.11.